The van der Waals surface area contributed by atoms with Gasteiger partial charge in [0, 0.05) is 29.9 Å². The zero-order valence-electron chi connectivity index (χ0n) is 8.93. The molecule has 0 unspecified atom stereocenters. The number of thiophene rings is 1. The molecule has 0 aromatic carbocycles. The maximum Gasteiger partial charge on any atom is 0.243 e. The van der Waals surface area contributed by atoms with Crippen LogP contribution in [0.15, 0.2) is 16.3 Å². The van der Waals surface area contributed by atoms with Crippen LogP contribution in [-0.2, 0) is 16.6 Å². The van der Waals surface area contributed by atoms with Gasteiger partial charge in [0.15, 0.2) is 0 Å². The molecular formula is C9H16N2O2S2. The smallest absolute Gasteiger partial charge is 0.243 e. The van der Waals surface area contributed by atoms with Gasteiger partial charge in [0.1, 0.15) is 0 Å². The first-order valence-corrected chi connectivity index (χ1v) is 7.15. The monoisotopic (exact) mass is 248 g/mol. The molecule has 0 aliphatic rings. The van der Waals surface area contributed by atoms with Gasteiger partial charge in [-0.15, -0.1) is 11.3 Å². The number of nitrogens with zero attached hydrogens (tertiary/aromatic N) is 1. The molecule has 1 aromatic heterocycles. The third-order valence-corrected chi connectivity index (χ3v) is 5.31. The molecule has 0 aliphatic heterocycles. The maximum absolute atomic E-state index is 12.0. The highest BCUT2D eigenvalue weighted by Crippen LogP contribution is 2.22. The van der Waals surface area contributed by atoms with Crippen LogP contribution in [0.1, 0.15) is 18.7 Å². The lowest BCUT2D eigenvalue weighted by molar-refractivity contribution is 0.445. The van der Waals surface area contributed by atoms with E-state index in [1.165, 1.54) is 15.6 Å². The van der Waals surface area contributed by atoms with Crippen molar-refractivity contribution in [1.29, 1.82) is 0 Å². The third-order valence-electron chi connectivity index (χ3n) is 2.17. The van der Waals surface area contributed by atoms with Crippen LogP contribution in [0, 0.1) is 0 Å². The van der Waals surface area contributed by atoms with Crippen LogP contribution in [0.3, 0.4) is 0 Å². The van der Waals surface area contributed by atoms with E-state index in [2.05, 4.69) is 0 Å². The van der Waals surface area contributed by atoms with Gasteiger partial charge in [-0.25, -0.2) is 8.42 Å². The van der Waals surface area contributed by atoms with E-state index in [1.54, 1.807) is 11.4 Å². The van der Waals surface area contributed by atoms with E-state index in [9.17, 15) is 8.42 Å². The van der Waals surface area contributed by atoms with Crippen molar-refractivity contribution in [2.45, 2.75) is 25.3 Å². The molecule has 1 heterocycles. The molecule has 1 rings (SSSR count). The second-order valence-electron chi connectivity index (χ2n) is 3.04. The van der Waals surface area contributed by atoms with E-state index in [0.29, 0.717) is 24.5 Å². The Kier molecular flexibility index (Phi) is 4.27. The molecule has 2 N–H and O–H groups in total. The van der Waals surface area contributed by atoms with Crippen molar-refractivity contribution in [3.63, 3.8) is 0 Å². The Morgan fingerprint density at radius 2 is 2.00 bits per heavy atom. The molecule has 0 aliphatic carbocycles. The average molecular weight is 248 g/mol. The summed E-state index contributed by atoms with van der Waals surface area (Å²) in [6.07, 6.45) is 0. The van der Waals surface area contributed by atoms with E-state index >= 15 is 0 Å². The van der Waals surface area contributed by atoms with E-state index in [1.807, 2.05) is 13.8 Å². The van der Waals surface area contributed by atoms with E-state index in [-0.39, 0.29) is 0 Å². The molecule has 0 amide bonds. The standard InChI is InChI=1S/C9H16N2O2S2/c1-3-11(4-2)15(12,13)9-5-8(6-10)14-7-9/h5,7H,3-4,6,10H2,1-2H3. The Balaban J connectivity index is 3.04. The van der Waals surface area contributed by atoms with Crippen molar-refractivity contribution in [2.75, 3.05) is 13.1 Å². The largest absolute Gasteiger partial charge is 0.326 e. The Morgan fingerprint density at radius 3 is 2.40 bits per heavy atom. The minimum atomic E-state index is -3.30. The topological polar surface area (TPSA) is 63.4 Å². The summed E-state index contributed by atoms with van der Waals surface area (Å²) in [5.74, 6) is 0. The quantitative estimate of drug-likeness (QED) is 0.852. The Hall–Kier alpha value is -0.430. The highest BCUT2D eigenvalue weighted by Gasteiger charge is 2.22. The second kappa shape index (κ2) is 5.07. The number of nitrogens with two attached hydrogens (primary N) is 1. The Morgan fingerprint density at radius 1 is 1.40 bits per heavy atom. The molecule has 6 heteroatoms. The van der Waals surface area contributed by atoms with Gasteiger partial charge in [-0.05, 0) is 6.07 Å². The first-order chi connectivity index (χ1) is 7.06. The van der Waals surface area contributed by atoms with Crippen LogP contribution in [0.25, 0.3) is 0 Å². The summed E-state index contributed by atoms with van der Waals surface area (Å²) in [5, 5.41) is 1.65. The number of hydrogen-bond acceptors (Lipinski definition) is 4. The molecule has 0 atom stereocenters. The normalized spacial score (nSPS) is 12.3. The molecule has 15 heavy (non-hydrogen) atoms. The van der Waals surface area contributed by atoms with E-state index in [4.69, 9.17) is 5.73 Å². The summed E-state index contributed by atoms with van der Waals surface area (Å²) < 4.78 is 25.5. The summed E-state index contributed by atoms with van der Waals surface area (Å²) >= 11 is 1.38. The average Bonchev–Trinajstić information content (AvgIpc) is 2.67. The second-order valence-corrected chi connectivity index (χ2v) is 5.98. The summed E-state index contributed by atoms with van der Waals surface area (Å²) in [5.41, 5.74) is 5.45. The van der Waals surface area contributed by atoms with Crippen LogP contribution in [0.5, 0.6) is 0 Å². The minimum Gasteiger partial charge on any atom is -0.326 e. The first kappa shape index (κ1) is 12.6. The van der Waals surface area contributed by atoms with Crippen molar-refractivity contribution in [1.82, 2.24) is 4.31 Å². The molecule has 86 valence electrons. The van der Waals surface area contributed by atoms with Crippen molar-refractivity contribution >= 4 is 21.4 Å². The lowest BCUT2D eigenvalue weighted by Crippen LogP contribution is -2.30. The SMILES string of the molecule is CCN(CC)S(=O)(=O)c1csc(CN)c1. The fourth-order valence-electron chi connectivity index (χ4n) is 1.32. The fourth-order valence-corrected chi connectivity index (χ4v) is 3.92. The van der Waals surface area contributed by atoms with Gasteiger partial charge in [-0.2, -0.15) is 4.31 Å². The van der Waals surface area contributed by atoms with E-state index in [0.717, 1.165) is 4.88 Å². The van der Waals surface area contributed by atoms with Crippen LogP contribution < -0.4 is 5.73 Å². The zero-order valence-corrected chi connectivity index (χ0v) is 10.6. The molecule has 1 aromatic rings. The molecule has 0 radical (unpaired) electrons. The van der Waals surface area contributed by atoms with Gasteiger partial charge in [0.05, 0.1) is 4.90 Å². The number of sulfonamides is 1. The van der Waals surface area contributed by atoms with Gasteiger partial charge in [0.2, 0.25) is 10.0 Å². The molecule has 0 saturated carbocycles. The molecule has 0 bridgehead atoms. The Bertz CT molecular complexity index is 408. The fraction of sp³-hybridized carbons (Fsp3) is 0.556. The maximum atomic E-state index is 12.0. The van der Waals surface area contributed by atoms with Crippen molar-refractivity contribution < 1.29 is 8.42 Å². The predicted octanol–water partition coefficient (Wildman–Crippen LogP) is 1.24. The highest BCUT2D eigenvalue weighted by molar-refractivity contribution is 7.89. The first-order valence-electron chi connectivity index (χ1n) is 4.83. The molecule has 0 fully saturated rings. The molecule has 0 saturated heterocycles. The predicted molar refractivity (Wildman–Crippen MR) is 62.3 cm³/mol. The van der Waals surface area contributed by atoms with Gasteiger partial charge in [-0.3, -0.25) is 0 Å². The third kappa shape index (κ3) is 2.57. The summed E-state index contributed by atoms with van der Waals surface area (Å²) in [4.78, 5) is 1.25. The summed E-state index contributed by atoms with van der Waals surface area (Å²) in [6.45, 7) is 5.03. The van der Waals surface area contributed by atoms with Crippen LogP contribution in [0.2, 0.25) is 0 Å². The summed E-state index contributed by atoms with van der Waals surface area (Å²) in [6, 6.07) is 1.65. The Labute approximate surface area is 94.8 Å². The highest BCUT2D eigenvalue weighted by atomic mass is 32.2. The van der Waals surface area contributed by atoms with Crippen molar-refractivity contribution in [3.8, 4) is 0 Å². The molecular weight excluding hydrogens is 232 g/mol. The van der Waals surface area contributed by atoms with Crippen LogP contribution in [-0.4, -0.2) is 25.8 Å². The zero-order chi connectivity index (χ0) is 11.5. The number of hydrogen-bond donors (Lipinski definition) is 1. The van der Waals surface area contributed by atoms with Gasteiger partial charge in [0.25, 0.3) is 0 Å². The van der Waals surface area contributed by atoms with Crippen LogP contribution in [0.4, 0.5) is 0 Å². The lowest BCUT2D eigenvalue weighted by Gasteiger charge is -2.17. The van der Waals surface area contributed by atoms with Gasteiger partial charge in [-0.1, -0.05) is 13.8 Å². The van der Waals surface area contributed by atoms with Crippen molar-refractivity contribution in [3.05, 3.63) is 16.3 Å². The van der Waals surface area contributed by atoms with Crippen LogP contribution >= 0.6 is 11.3 Å². The molecule has 4 nitrogen and oxygen atoms in total. The lowest BCUT2D eigenvalue weighted by atomic mass is 10.5. The molecule has 0 spiro atoms. The van der Waals surface area contributed by atoms with E-state index < -0.39 is 10.0 Å². The number of rotatable bonds is 5. The minimum absolute atomic E-state index is 0.358. The van der Waals surface area contributed by atoms with Crippen molar-refractivity contribution in [2.24, 2.45) is 5.73 Å². The van der Waals surface area contributed by atoms with Gasteiger partial charge >= 0.3 is 0 Å². The van der Waals surface area contributed by atoms with Gasteiger partial charge < -0.3 is 5.73 Å². The summed E-state index contributed by atoms with van der Waals surface area (Å²) in [7, 11) is -3.30.